The first kappa shape index (κ1) is 15.1. The minimum Gasteiger partial charge on any atom is -0.317 e. The number of aromatic nitrogens is 1. The summed E-state index contributed by atoms with van der Waals surface area (Å²) in [6.45, 7) is 6.72. The number of anilines is 1. The molecule has 1 spiro atoms. The van der Waals surface area contributed by atoms with E-state index in [4.69, 9.17) is 0 Å². The normalized spacial score (nSPS) is 25.1. The fourth-order valence-electron chi connectivity index (χ4n) is 4.04. The molecule has 3 heterocycles. The zero-order valence-electron chi connectivity index (χ0n) is 13.9. The van der Waals surface area contributed by atoms with Crippen LogP contribution in [0.1, 0.15) is 31.4 Å². The molecule has 0 unspecified atom stereocenters. The number of amides is 1. The van der Waals surface area contributed by atoms with Crippen LogP contribution in [0.4, 0.5) is 5.69 Å². The second-order valence-electron chi connectivity index (χ2n) is 7.29. The molecule has 1 amide bonds. The van der Waals surface area contributed by atoms with Gasteiger partial charge in [-0.15, -0.1) is 0 Å². The third-order valence-corrected chi connectivity index (χ3v) is 5.66. The molecule has 1 aromatic heterocycles. The van der Waals surface area contributed by atoms with Crippen molar-refractivity contribution in [3.05, 3.63) is 24.0 Å². The third kappa shape index (κ3) is 2.76. The highest BCUT2D eigenvalue weighted by Crippen LogP contribution is 2.38. The number of carbonyl (C=O) groups excluding carboxylic acids is 1. The Bertz CT molecular complexity index is 575. The van der Waals surface area contributed by atoms with Crippen molar-refractivity contribution < 1.29 is 4.79 Å². The summed E-state index contributed by atoms with van der Waals surface area (Å²) in [5.41, 5.74) is 1.64. The first-order valence-corrected chi connectivity index (χ1v) is 8.89. The lowest BCUT2D eigenvalue weighted by molar-refractivity contribution is -0.136. The molecule has 0 bridgehead atoms. The van der Waals surface area contributed by atoms with Crippen molar-refractivity contribution in [2.45, 2.75) is 38.1 Å². The molecule has 4 rings (SSSR count). The van der Waals surface area contributed by atoms with Crippen molar-refractivity contribution >= 4 is 11.6 Å². The van der Waals surface area contributed by atoms with Gasteiger partial charge in [-0.3, -0.25) is 14.7 Å². The molecule has 0 radical (unpaired) electrons. The Labute approximate surface area is 138 Å². The van der Waals surface area contributed by atoms with Crippen LogP contribution in [0, 0.1) is 12.8 Å². The Hall–Kier alpha value is -1.46. The van der Waals surface area contributed by atoms with Crippen molar-refractivity contribution in [2.75, 3.05) is 37.6 Å². The smallest absolute Gasteiger partial charge is 0.247 e. The van der Waals surface area contributed by atoms with Crippen molar-refractivity contribution in [3.63, 3.8) is 0 Å². The predicted molar refractivity (Wildman–Crippen MR) is 90.5 cm³/mol. The van der Waals surface area contributed by atoms with Gasteiger partial charge >= 0.3 is 0 Å². The molecule has 0 atom stereocenters. The Morgan fingerprint density at radius 3 is 2.70 bits per heavy atom. The van der Waals surface area contributed by atoms with Gasteiger partial charge in [0.05, 0.1) is 11.9 Å². The van der Waals surface area contributed by atoms with Gasteiger partial charge in [-0.05, 0) is 63.7 Å². The summed E-state index contributed by atoms with van der Waals surface area (Å²) in [4.78, 5) is 22.3. The largest absolute Gasteiger partial charge is 0.317 e. The lowest BCUT2D eigenvalue weighted by Crippen LogP contribution is -2.69. The summed E-state index contributed by atoms with van der Waals surface area (Å²) in [6.07, 6.45) is 6.37. The molecule has 0 aromatic carbocycles. The molecule has 5 heteroatoms. The molecule has 2 saturated heterocycles. The van der Waals surface area contributed by atoms with Crippen molar-refractivity contribution in [2.24, 2.45) is 5.92 Å². The number of nitrogens with zero attached hydrogens (tertiary/aromatic N) is 3. The monoisotopic (exact) mass is 314 g/mol. The first-order chi connectivity index (χ1) is 11.2. The van der Waals surface area contributed by atoms with E-state index in [1.54, 1.807) is 0 Å². The summed E-state index contributed by atoms with van der Waals surface area (Å²) >= 11 is 0. The molecular weight excluding hydrogens is 288 g/mol. The number of aryl methyl sites for hydroxylation is 1. The van der Waals surface area contributed by atoms with Crippen molar-refractivity contribution in [3.8, 4) is 0 Å². The maximum absolute atomic E-state index is 13.4. The number of rotatable bonds is 3. The standard InChI is InChI=1S/C18H26N4O/c1-14-2-5-16(12-20-14)22-11-10-21(13-15-3-4-15)18(17(22)23)6-8-19-9-7-18/h2,5,12,15,19H,3-4,6-11,13H2,1H3. The van der Waals surface area contributed by atoms with E-state index in [1.807, 2.05) is 30.2 Å². The number of pyridine rings is 1. The molecule has 3 fully saturated rings. The van der Waals surface area contributed by atoms with E-state index in [9.17, 15) is 4.79 Å². The van der Waals surface area contributed by atoms with Gasteiger partial charge in [0.1, 0.15) is 5.54 Å². The SMILES string of the molecule is Cc1ccc(N2CCN(CC3CC3)C3(CCNCC3)C2=O)cn1. The topological polar surface area (TPSA) is 48.5 Å². The Morgan fingerprint density at radius 1 is 1.26 bits per heavy atom. The number of hydrogen-bond acceptors (Lipinski definition) is 4. The molecule has 124 valence electrons. The van der Waals surface area contributed by atoms with E-state index in [0.29, 0.717) is 0 Å². The van der Waals surface area contributed by atoms with Gasteiger partial charge in [-0.2, -0.15) is 0 Å². The fraction of sp³-hybridized carbons (Fsp3) is 0.667. The van der Waals surface area contributed by atoms with Crippen LogP contribution in [0.25, 0.3) is 0 Å². The van der Waals surface area contributed by atoms with Crippen LogP contribution in [-0.4, -0.2) is 54.1 Å². The molecule has 5 nitrogen and oxygen atoms in total. The highest BCUT2D eigenvalue weighted by atomic mass is 16.2. The lowest BCUT2D eigenvalue weighted by Gasteiger charge is -2.51. The summed E-state index contributed by atoms with van der Waals surface area (Å²) in [7, 11) is 0. The second-order valence-corrected chi connectivity index (χ2v) is 7.29. The average molecular weight is 314 g/mol. The van der Waals surface area contributed by atoms with E-state index in [1.165, 1.54) is 12.8 Å². The Morgan fingerprint density at radius 2 is 2.04 bits per heavy atom. The van der Waals surface area contributed by atoms with Crippen LogP contribution in [0.5, 0.6) is 0 Å². The van der Waals surface area contributed by atoms with E-state index in [0.717, 1.165) is 62.9 Å². The lowest BCUT2D eigenvalue weighted by atomic mass is 9.82. The van der Waals surface area contributed by atoms with Crippen LogP contribution in [0.15, 0.2) is 18.3 Å². The zero-order chi connectivity index (χ0) is 15.9. The van der Waals surface area contributed by atoms with Gasteiger partial charge in [-0.1, -0.05) is 0 Å². The van der Waals surface area contributed by atoms with Crippen LogP contribution >= 0.6 is 0 Å². The van der Waals surface area contributed by atoms with Gasteiger partial charge in [0, 0.05) is 25.3 Å². The van der Waals surface area contributed by atoms with E-state index in [-0.39, 0.29) is 11.4 Å². The zero-order valence-corrected chi connectivity index (χ0v) is 13.9. The minimum absolute atomic E-state index is 0.288. The van der Waals surface area contributed by atoms with Crippen LogP contribution < -0.4 is 10.2 Å². The molecule has 23 heavy (non-hydrogen) atoms. The van der Waals surface area contributed by atoms with Crippen LogP contribution in [-0.2, 0) is 4.79 Å². The molecule has 3 aliphatic rings. The van der Waals surface area contributed by atoms with Crippen LogP contribution in [0.3, 0.4) is 0 Å². The second kappa shape index (κ2) is 5.87. The van der Waals surface area contributed by atoms with Gasteiger partial charge in [0.25, 0.3) is 0 Å². The number of piperazine rings is 1. The summed E-state index contributed by atoms with van der Waals surface area (Å²) in [5.74, 6) is 1.11. The summed E-state index contributed by atoms with van der Waals surface area (Å²) < 4.78 is 0. The Kier molecular flexibility index (Phi) is 3.85. The summed E-state index contributed by atoms with van der Waals surface area (Å²) in [5, 5.41) is 3.42. The van der Waals surface area contributed by atoms with Gasteiger partial charge in [0.2, 0.25) is 5.91 Å². The molecule has 1 aromatic rings. The molecule has 1 N–H and O–H groups in total. The molecule has 2 aliphatic heterocycles. The Balaban J connectivity index is 1.62. The maximum atomic E-state index is 13.4. The van der Waals surface area contributed by atoms with Gasteiger partial charge in [-0.25, -0.2) is 0 Å². The van der Waals surface area contributed by atoms with Crippen LogP contribution in [0.2, 0.25) is 0 Å². The van der Waals surface area contributed by atoms with Gasteiger partial charge < -0.3 is 10.2 Å². The number of nitrogens with one attached hydrogen (secondary N) is 1. The quantitative estimate of drug-likeness (QED) is 0.920. The van der Waals surface area contributed by atoms with E-state index >= 15 is 0 Å². The maximum Gasteiger partial charge on any atom is 0.247 e. The molecular formula is C18H26N4O. The highest BCUT2D eigenvalue weighted by Gasteiger charge is 2.50. The summed E-state index contributed by atoms with van der Waals surface area (Å²) in [6, 6.07) is 4.03. The number of piperidine rings is 1. The van der Waals surface area contributed by atoms with Crippen molar-refractivity contribution in [1.29, 1.82) is 0 Å². The van der Waals surface area contributed by atoms with Crippen molar-refractivity contribution in [1.82, 2.24) is 15.2 Å². The molecule has 1 aliphatic carbocycles. The first-order valence-electron chi connectivity index (χ1n) is 8.89. The van der Waals surface area contributed by atoms with E-state index in [2.05, 4.69) is 15.2 Å². The number of carbonyl (C=O) groups is 1. The van der Waals surface area contributed by atoms with Gasteiger partial charge in [0.15, 0.2) is 0 Å². The fourth-order valence-corrected chi connectivity index (χ4v) is 4.04. The highest BCUT2D eigenvalue weighted by molar-refractivity contribution is 6.01. The third-order valence-electron chi connectivity index (χ3n) is 5.66. The van der Waals surface area contributed by atoms with E-state index < -0.39 is 0 Å². The minimum atomic E-state index is -0.295. The number of hydrogen-bond donors (Lipinski definition) is 1. The predicted octanol–water partition coefficient (Wildman–Crippen LogP) is 1.57. The average Bonchev–Trinajstić information content (AvgIpc) is 3.39. The molecule has 1 saturated carbocycles.